The lowest BCUT2D eigenvalue weighted by molar-refractivity contribution is -0.133. The van der Waals surface area contributed by atoms with E-state index < -0.39 is 23.2 Å². The molecule has 1 unspecified atom stereocenters. The third-order valence-electron chi connectivity index (χ3n) is 6.86. The average Bonchev–Trinajstić information content (AvgIpc) is 3.63. The second-order valence-corrected chi connectivity index (χ2v) is 9.56. The third kappa shape index (κ3) is 4.66. The summed E-state index contributed by atoms with van der Waals surface area (Å²) in [5.74, 6) is -0.972. The number of imidazole rings is 1. The van der Waals surface area contributed by atoms with Crippen LogP contribution in [0.25, 0.3) is 0 Å². The Bertz CT molecular complexity index is 1370. The number of hydrogen-bond donors (Lipinski definition) is 2. The number of benzene rings is 2. The molecule has 10 heteroatoms. The summed E-state index contributed by atoms with van der Waals surface area (Å²) < 4.78 is 20.4. The Kier molecular flexibility index (Phi) is 6.41. The number of nitrogens with one attached hydrogen (secondary N) is 2. The first-order valence-corrected chi connectivity index (χ1v) is 12.1. The summed E-state index contributed by atoms with van der Waals surface area (Å²) in [6.45, 7) is 2.24. The SMILES string of the molecule is COc1ccccc1CNC(=O)C1(C)Cn2cnc(C(=O)NCc3cccc(F)c3)c2C(=O)N1C1CC1. The molecule has 0 bridgehead atoms. The van der Waals surface area contributed by atoms with E-state index in [9.17, 15) is 18.8 Å². The number of carbonyl (C=O) groups excluding carboxylic acids is 3. The highest BCUT2D eigenvalue weighted by Gasteiger charge is 2.53. The fourth-order valence-electron chi connectivity index (χ4n) is 4.85. The van der Waals surface area contributed by atoms with Crippen LogP contribution >= 0.6 is 0 Å². The predicted molar refractivity (Wildman–Crippen MR) is 132 cm³/mol. The largest absolute Gasteiger partial charge is 0.496 e. The smallest absolute Gasteiger partial charge is 0.274 e. The summed E-state index contributed by atoms with van der Waals surface area (Å²) in [7, 11) is 1.57. The molecule has 3 aromatic rings. The molecule has 2 N–H and O–H groups in total. The lowest BCUT2D eigenvalue weighted by Crippen LogP contribution is -2.64. The Morgan fingerprint density at radius 3 is 2.65 bits per heavy atom. The lowest BCUT2D eigenvalue weighted by atomic mass is 9.93. The maximum atomic E-state index is 13.7. The van der Waals surface area contributed by atoms with Gasteiger partial charge in [-0.2, -0.15) is 0 Å². The van der Waals surface area contributed by atoms with Gasteiger partial charge in [-0.1, -0.05) is 30.3 Å². The summed E-state index contributed by atoms with van der Waals surface area (Å²) in [6.07, 6.45) is 2.99. The molecule has 0 radical (unpaired) electrons. The fourth-order valence-corrected chi connectivity index (χ4v) is 4.85. The zero-order chi connectivity index (χ0) is 26.2. The van der Waals surface area contributed by atoms with E-state index in [0.717, 1.165) is 18.4 Å². The molecule has 1 aromatic heterocycles. The van der Waals surface area contributed by atoms with E-state index in [2.05, 4.69) is 15.6 Å². The number of halogens is 1. The molecule has 1 fully saturated rings. The molecule has 1 atom stereocenters. The summed E-state index contributed by atoms with van der Waals surface area (Å²) in [5, 5.41) is 5.67. The number of methoxy groups -OCH3 is 1. The average molecular weight is 506 g/mol. The molecule has 9 nitrogen and oxygen atoms in total. The van der Waals surface area contributed by atoms with Gasteiger partial charge in [-0.15, -0.1) is 0 Å². The maximum Gasteiger partial charge on any atom is 0.274 e. The van der Waals surface area contributed by atoms with Crippen LogP contribution < -0.4 is 15.4 Å². The molecule has 0 saturated heterocycles. The van der Waals surface area contributed by atoms with Crippen molar-refractivity contribution < 1.29 is 23.5 Å². The monoisotopic (exact) mass is 505 g/mol. The molecular weight excluding hydrogens is 477 g/mol. The van der Waals surface area contributed by atoms with Crippen LogP contribution in [0.15, 0.2) is 54.9 Å². The van der Waals surface area contributed by atoms with Gasteiger partial charge in [0, 0.05) is 24.7 Å². The first kappa shape index (κ1) is 24.5. The second-order valence-electron chi connectivity index (χ2n) is 9.56. The first-order valence-electron chi connectivity index (χ1n) is 12.1. The van der Waals surface area contributed by atoms with Gasteiger partial charge in [-0.05, 0) is 43.5 Å². The van der Waals surface area contributed by atoms with E-state index in [0.29, 0.717) is 11.3 Å². The molecule has 2 heterocycles. The van der Waals surface area contributed by atoms with E-state index in [1.807, 2.05) is 24.3 Å². The number of rotatable bonds is 8. The minimum absolute atomic E-state index is 0.0106. The Balaban J connectivity index is 1.36. The van der Waals surface area contributed by atoms with Gasteiger partial charge in [0.15, 0.2) is 5.69 Å². The van der Waals surface area contributed by atoms with Crippen molar-refractivity contribution in [3.05, 3.63) is 83.2 Å². The van der Waals surface area contributed by atoms with E-state index in [1.54, 1.807) is 35.6 Å². The number of ether oxygens (including phenoxy) is 1. The number of nitrogens with zero attached hydrogens (tertiary/aromatic N) is 3. The third-order valence-corrected chi connectivity index (χ3v) is 6.86. The number of amides is 3. The van der Waals surface area contributed by atoms with Crippen molar-refractivity contribution in [1.29, 1.82) is 0 Å². The molecule has 5 rings (SSSR count). The van der Waals surface area contributed by atoms with Crippen molar-refractivity contribution in [1.82, 2.24) is 25.1 Å². The van der Waals surface area contributed by atoms with Crippen LogP contribution in [-0.2, 0) is 24.4 Å². The molecule has 1 aliphatic heterocycles. The minimum atomic E-state index is -1.16. The van der Waals surface area contributed by atoms with Crippen molar-refractivity contribution in [2.24, 2.45) is 0 Å². The standard InChI is InChI=1S/C27H28FN5O4/c1-27(26(36)30-14-18-7-3-4-9-21(18)37-2)15-32-16-31-22(23(32)25(35)33(27)20-10-11-20)24(34)29-13-17-6-5-8-19(28)12-17/h3-9,12,16,20H,10-11,13-15H2,1-2H3,(H,29,34)(H,30,36). The number of fused-ring (bicyclic) bond motifs is 1. The molecule has 192 valence electrons. The molecule has 0 spiro atoms. The lowest BCUT2D eigenvalue weighted by Gasteiger charge is -2.44. The number of para-hydroxylation sites is 1. The Hall–Kier alpha value is -4.21. The second kappa shape index (κ2) is 9.68. The van der Waals surface area contributed by atoms with Crippen LogP contribution in [0.2, 0.25) is 0 Å². The van der Waals surface area contributed by atoms with E-state index in [1.165, 1.54) is 18.5 Å². The zero-order valence-corrected chi connectivity index (χ0v) is 20.7. The van der Waals surface area contributed by atoms with Gasteiger partial charge in [-0.25, -0.2) is 9.37 Å². The van der Waals surface area contributed by atoms with Crippen LogP contribution in [0, 0.1) is 5.82 Å². The number of carbonyl (C=O) groups is 3. The van der Waals surface area contributed by atoms with Crippen molar-refractivity contribution in [3.63, 3.8) is 0 Å². The predicted octanol–water partition coefficient (Wildman–Crippen LogP) is 2.65. The Morgan fingerprint density at radius 2 is 1.92 bits per heavy atom. The van der Waals surface area contributed by atoms with Crippen LogP contribution in [0.3, 0.4) is 0 Å². The fraction of sp³-hybridized carbons (Fsp3) is 0.333. The van der Waals surface area contributed by atoms with Crippen LogP contribution in [0.5, 0.6) is 5.75 Å². The van der Waals surface area contributed by atoms with Gasteiger partial charge in [0.2, 0.25) is 5.91 Å². The molecule has 2 aromatic carbocycles. The molecule has 1 aliphatic carbocycles. The molecular formula is C27H28FN5O4. The zero-order valence-electron chi connectivity index (χ0n) is 20.7. The topological polar surface area (TPSA) is 106 Å². The molecule has 1 saturated carbocycles. The minimum Gasteiger partial charge on any atom is -0.496 e. The summed E-state index contributed by atoms with van der Waals surface area (Å²) in [4.78, 5) is 46.0. The highest BCUT2D eigenvalue weighted by atomic mass is 19.1. The van der Waals surface area contributed by atoms with Crippen LogP contribution in [0.4, 0.5) is 4.39 Å². The molecule has 3 amide bonds. The highest BCUT2D eigenvalue weighted by Crippen LogP contribution is 2.39. The van der Waals surface area contributed by atoms with E-state index in [4.69, 9.17) is 4.74 Å². The first-order chi connectivity index (χ1) is 17.8. The summed E-state index contributed by atoms with van der Waals surface area (Å²) in [6, 6.07) is 13.2. The van der Waals surface area contributed by atoms with Crippen molar-refractivity contribution in [3.8, 4) is 5.75 Å². The Labute approximate surface area is 213 Å². The molecule has 37 heavy (non-hydrogen) atoms. The van der Waals surface area contributed by atoms with E-state index in [-0.39, 0.29) is 43.0 Å². The number of aromatic nitrogens is 2. The van der Waals surface area contributed by atoms with Crippen LogP contribution in [-0.4, -0.2) is 50.9 Å². The summed E-state index contributed by atoms with van der Waals surface area (Å²) >= 11 is 0. The highest BCUT2D eigenvalue weighted by molar-refractivity contribution is 6.07. The van der Waals surface area contributed by atoms with E-state index >= 15 is 0 Å². The summed E-state index contributed by atoms with van der Waals surface area (Å²) in [5.41, 5.74) is 0.389. The van der Waals surface area contributed by atoms with Gasteiger partial charge in [-0.3, -0.25) is 14.4 Å². The Morgan fingerprint density at radius 1 is 1.14 bits per heavy atom. The van der Waals surface area contributed by atoms with Crippen molar-refractivity contribution >= 4 is 17.7 Å². The van der Waals surface area contributed by atoms with Crippen molar-refractivity contribution in [2.75, 3.05) is 7.11 Å². The van der Waals surface area contributed by atoms with Gasteiger partial charge < -0.3 is 24.8 Å². The van der Waals surface area contributed by atoms with Gasteiger partial charge in [0.05, 0.1) is 20.0 Å². The normalized spacial score (nSPS) is 18.8. The van der Waals surface area contributed by atoms with Gasteiger partial charge in [0.25, 0.3) is 11.8 Å². The van der Waals surface area contributed by atoms with Crippen LogP contribution in [0.1, 0.15) is 51.9 Å². The van der Waals surface area contributed by atoms with Gasteiger partial charge in [0.1, 0.15) is 22.8 Å². The number of hydrogen-bond acceptors (Lipinski definition) is 5. The molecule has 2 aliphatic rings. The van der Waals surface area contributed by atoms with Gasteiger partial charge >= 0.3 is 0 Å². The van der Waals surface area contributed by atoms with Crippen molar-refractivity contribution in [2.45, 2.75) is 51.0 Å². The maximum absolute atomic E-state index is 13.7. The quantitative estimate of drug-likeness (QED) is 0.490.